The molecule has 0 aliphatic carbocycles. The Morgan fingerprint density at radius 2 is 1.84 bits per heavy atom. The number of carbonyl (C=O) groups is 2. The SMILES string of the molecule is NCCCCNC(=O)c1ncc(NC(=O)c2cnn(-c3cncc4ccccc34)c2C(F)(F)F)cc1Cl. The van der Waals surface area contributed by atoms with Crippen LogP contribution in [-0.2, 0) is 6.18 Å². The third-order valence-corrected chi connectivity index (χ3v) is 5.68. The number of fused-ring (bicyclic) bond motifs is 1. The Bertz CT molecular complexity index is 1450. The van der Waals surface area contributed by atoms with Crippen LogP contribution in [0.2, 0.25) is 5.02 Å². The number of nitrogens with one attached hydrogen (secondary N) is 2. The minimum Gasteiger partial charge on any atom is -0.351 e. The lowest BCUT2D eigenvalue weighted by atomic mass is 10.1. The van der Waals surface area contributed by atoms with Crippen molar-refractivity contribution in [3.8, 4) is 5.69 Å². The molecule has 3 aromatic heterocycles. The van der Waals surface area contributed by atoms with Crippen molar-refractivity contribution >= 4 is 39.9 Å². The van der Waals surface area contributed by atoms with Crippen molar-refractivity contribution in [2.75, 3.05) is 18.4 Å². The Morgan fingerprint density at radius 1 is 1.05 bits per heavy atom. The van der Waals surface area contributed by atoms with Crippen LogP contribution in [-0.4, -0.2) is 44.7 Å². The van der Waals surface area contributed by atoms with Crippen LogP contribution in [0, 0.1) is 0 Å². The third-order valence-electron chi connectivity index (χ3n) is 5.39. The highest BCUT2D eigenvalue weighted by molar-refractivity contribution is 6.33. The van der Waals surface area contributed by atoms with Crippen molar-refractivity contribution in [3.05, 3.63) is 77.1 Å². The number of unbranched alkanes of at least 4 members (excludes halogenated alkanes) is 1. The first-order valence-corrected chi connectivity index (χ1v) is 11.5. The van der Waals surface area contributed by atoms with Crippen molar-refractivity contribution in [2.45, 2.75) is 19.0 Å². The summed E-state index contributed by atoms with van der Waals surface area (Å²) < 4.78 is 43.1. The average Bonchev–Trinajstić information content (AvgIpc) is 3.32. The van der Waals surface area contributed by atoms with Gasteiger partial charge in [0.25, 0.3) is 11.8 Å². The minimum absolute atomic E-state index is 0.00221. The van der Waals surface area contributed by atoms with E-state index in [1.54, 1.807) is 24.3 Å². The summed E-state index contributed by atoms with van der Waals surface area (Å²) in [5, 5.41) is 9.85. The molecule has 13 heteroatoms. The van der Waals surface area contributed by atoms with Crippen molar-refractivity contribution in [1.82, 2.24) is 25.1 Å². The first kappa shape index (κ1) is 26.0. The molecule has 4 N–H and O–H groups in total. The maximum Gasteiger partial charge on any atom is 0.434 e. The molecule has 0 fully saturated rings. The van der Waals surface area contributed by atoms with E-state index in [2.05, 4.69) is 25.7 Å². The molecule has 0 aliphatic rings. The van der Waals surface area contributed by atoms with Gasteiger partial charge in [-0.2, -0.15) is 18.3 Å². The highest BCUT2D eigenvalue weighted by atomic mass is 35.5. The maximum absolute atomic E-state index is 14.1. The lowest BCUT2D eigenvalue weighted by Gasteiger charge is -2.14. The molecular formula is C24H21ClF3N7O2. The van der Waals surface area contributed by atoms with E-state index in [1.165, 1.54) is 18.5 Å². The van der Waals surface area contributed by atoms with E-state index >= 15 is 0 Å². The normalized spacial score (nSPS) is 11.5. The molecule has 2 amide bonds. The summed E-state index contributed by atoms with van der Waals surface area (Å²) in [6.45, 7) is 0.875. The van der Waals surface area contributed by atoms with Gasteiger partial charge in [-0.25, -0.2) is 9.67 Å². The van der Waals surface area contributed by atoms with Gasteiger partial charge in [0.15, 0.2) is 5.69 Å². The lowest BCUT2D eigenvalue weighted by Crippen LogP contribution is -2.26. The van der Waals surface area contributed by atoms with E-state index in [4.69, 9.17) is 17.3 Å². The number of alkyl halides is 3. The quantitative estimate of drug-likeness (QED) is 0.292. The summed E-state index contributed by atoms with van der Waals surface area (Å²) >= 11 is 6.14. The van der Waals surface area contributed by atoms with Gasteiger partial charge in [0, 0.05) is 23.5 Å². The van der Waals surface area contributed by atoms with E-state index in [9.17, 15) is 22.8 Å². The summed E-state index contributed by atoms with van der Waals surface area (Å²) in [4.78, 5) is 33.1. The van der Waals surface area contributed by atoms with Crippen LogP contribution in [0.25, 0.3) is 16.5 Å². The number of nitrogens with zero attached hydrogens (tertiary/aromatic N) is 4. The van der Waals surface area contributed by atoms with Gasteiger partial charge in [0.2, 0.25) is 0 Å². The van der Waals surface area contributed by atoms with Crippen LogP contribution in [0.5, 0.6) is 0 Å². The number of hydrogen-bond donors (Lipinski definition) is 3. The smallest absolute Gasteiger partial charge is 0.351 e. The Morgan fingerprint density at radius 3 is 2.57 bits per heavy atom. The predicted molar refractivity (Wildman–Crippen MR) is 132 cm³/mol. The van der Waals surface area contributed by atoms with Gasteiger partial charge in [-0.3, -0.25) is 14.6 Å². The average molecular weight is 532 g/mol. The van der Waals surface area contributed by atoms with Crippen LogP contribution < -0.4 is 16.4 Å². The number of benzene rings is 1. The zero-order valence-corrected chi connectivity index (χ0v) is 20.0. The van der Waals surface area contributed by atoms with Gasteiger partial charge in [-0.15, -0.1) is 0 Å². The molecule has 0 saturated heterocycles. The fraction of sp³-hybridized carbons (Fsp3) is 0.208. The highest BCUT2D eigenvalue weighted by Gasteiger charge is 2.41. The molecule has 3 heterocycles. The number of hydrogen-bond acceptors (Lipinski definition) is 6. The molecule has 192 valence electrons. The van der Waals surface area contributed by atoms with Crippen LogP contribution >= 0.6 is 11.6 Å². The number of rotatable bonds is 8. The Balaban J connectivity index is 1.61. The second-order valence-electron chi connectivity index (χ2n) is 7.96. The van der Waals surface area contributed by atoms with Gasteiger partial charge in [0.05, 0.1) is 40.6 Å². The van der Waals surface area contributed by atoms with E-state index in [0.717, 1.165) is 18.8 Å². The number of anilines is 1. The molecule has 0 radical (unpaired) electrons. The maximum atomic E-state index is 14.1. The molecule has 9 nitrogen and oxygen atoms in total. The fourth-order valence-electron chi connectivity index (χ4n) is 3.67. The molecule has 4 aromatic rings. The fourth-order valence-corrected chi connectivity index (χ4v) is 3.92. The number of aromatic nitrogens is 4. The van der Waals surface area contributed by atoms with E-state index in [0.29, 0.717) is 35.0 Å². The van der Waals surface area contributed by atoms with Gasteiger partial charge < -0.3 is 16.4 Å². The van der Waals surface area contributed by atoms with E-state index in [-0.39, 0.29) is 22.1 Å². The molecule has 0 unspecified atom stereocenters. The summed E-state index contributed by atoms with van der Waals surface area (Å²) in [5.41, 5.74) is 3.42. The Hall–Kier alpha value is -4.03. The van der Waals surface area contributed by atoms with E-state index in [1.807, 2.05) is 0 Å². The van der Waals surface area contributed by atoms with Crippen molar-refractivity contribution in [3.63, 3.8) is 0 Å². The molecule has 0 saturated carbocycles. The number of pyridine rings is 2. The summed E-state index contributed by atoms with van der Waals surface area (Å²) in [6.07, 6.45) is 1.22. The third kappa shape index (κ3) is 5.70. The number of amides is 2. The van der Waals surface area contributed by atoms with Crippen LogP contribution in [0.1, 0.15) is 39.4 Å². The number of halogens is 4. The van der Waals surface area contributed by atoms with Crippen molar-refractivity contribution in [2.24, 2.45) is 5.73 Å². The summed E-state index contributed by atoms with van der Waals surface area (Å²) in [6, 6.07) is 7.98. The standard InChI is InChI=1S/C24H21ClF3N7O2/c25-18-9-15(11-32-20(18)23(37)31-8-4-3-7-29)34-22(36)17-12-33-35(21(17)24(26,27)28)19-13-30-10-14-5-1-2-6-16(14)19/h1-2,5-6,9-13H,3-4,7-8,29H2,(H,31,37)(H,34,36). The molecule has 4 rings (SSSR count). The zero-order chi connectivity index (χ0) is 26.6. The highest BCUT2D eigenvalue weighted by Crippen LogP contribution is 2.35. The molecular weight excluding hydrogens is 511 g/mol. The van der Waals surface area contributed by atoms with Crippen molar-refractivity contribution < 1.29 is 22.8 Å². The van der Waals surface area contributed by atoms with Gasteiger partial charge in [-0.05, 0) is 25.5 Å². The van der Waals surface area contributed by atoms with Gasteiger partial charge in [0.1, 0.15) is 5.69 Å². The monoisotopic (exact) mass is 531 g/mol. The molecule has 1 aromatic carbocycles. The van der Waals surface area contributed by atoms with E-state index < -0.39 is 29.2 Å². The summed E-state index contributed by atoms with van der Waals surface area (Å²) in [7, 11) is 0. The minimum atomic E-state index is -4.91. The van der Waals surface area contributed by atoms with Gasteiger partial charge >= 0.3 is 6.18 Å². The molecule has 0 bridgehead atoms. The van der Waals surface area contributed by atoms with Gasteiger partial charge in [-0.1, -0.05) is 35.9 Å². The first-order chi connectivity index (χ1) is 17.7. The van der Waals surface area contributed by atoms with Crippen LogP contribution in [0.3, 0.4) is 0 Å². The zero-order valence-electron chi connectivity index (χ0n) is 19.2. The Labute approximate surface area is 213 Å². The molecule has 0 spiro atoms. The molecule has 37 heavy (non-hydrogen) atoms. The second kappa shape index (κ2) is 10.9. The molecule has 0 atom stereocenters. The van der Waals surface area contributed by atoms with Crippen molar-refractivity contribution in [1.29, 1.82) is 0 Å². The largest absolute Gasteiger partial charge is 0.434 e. The number of carbonyl (C=O) groups excluding carboxylic acids is 2. The topological polar surface area (TPSA) is 128 Å². The predicted octanol–water partition coefficient (Wildman–Crippen LogP) is 4.21. The number of nitrogens with two attached hydrogens (primary N) is 1. The molecule has 0 aliphatic heterocycles. The van der Waals surface area contributed by atoms with Crippen LogP contribution in [0.4, 0.5) is 18.9 Å². The summed E-state index contributed by atoms with van der Waals surface area (Å²) in [5.74, 6) is -1.60. The first-order valence-electron chi connectivity index (χ1n) is 11.1. The van der Waals surface area contributed by atoms with Crippen LogP contribution in [0.15, 0.2) is 55.1 Å². The Kier molecular flexibility index (Phi) is 7.69. The lowest BCUT2D eigenvalue weighted by molar-refractivity contribution is -0.143. The second-order valence-corrected chi connectivity index (χ2v) is 8.36.